The normalized spacial score (nSPS) is 20.0. The van der Waals surface area contributed by atoms with Crippen LogP contribution in [0.3, 0.4) is 0 Å². The van der Waals surface area contributed by atoms with Crippen LogP contribution >= 0.6 is 11.3 Å². The molecule has 0 saturated heterocycles. The molecule has 9 heteroatoms. The highest BCUT2D eigenvalue weighted by atomic mass is 32.1. The van der Waals surface area contributed by atoms with Crippen LogP contribution < -0.4 is 10.6 Å². The van der Waals surface area contributed by atoms with Gasteiger partial charge in [0.2, 0.25) is 5.95 Å². The van der Waals surface area contributed by atoms with Crippen molar-refractivity contribution < 1.29 is 15.3 Å². The molecule has 0 unspecified atom stereocenters. The molecule has 2 heterocycles. The summed E-state index contributed by atoms with van der Waals surface area (Å²) in [5, 5.41) is 37.7. The largest absolute Gasteiger partial charge is 0.508 e. The topological polar surface area (TPSA) is 123 Å². The van der Waals surface area contributed by atoms with Gasteiger partial charge in [-0.25, -0.2) is 9.97 Å². The number of thiazole rings is 1. The van der Waals surface area contributed by atoms with E-state index in [2.05, 4.69) is 15.6 Å². The summed E-state index contributed by atoms with van der Waals surface area (Å²) >= 11 is 1.57. The Morgan fingerprint density at radius 3 is 2.59 bits per heavy atom. The Hall–Kier alpha value is -3.27. The van der Waals surface area contributed by atoms with Gasteiger partial charge in [0.1, 0.15) is 16.6 Å². The van der Waals surface area contributed by atoms with E-state index in [1.807, 2.05) is 43.3 Å². The summed E-state index contributed by atoms with van der Waals surface area (Å²) in [6.45, 7) is 2.34. The Labute approximate surface area is 201 Å². The van der Waals surface area contributed by atoms with E-state index in [1.54, 1.807) is 23.5 Å². The molecule has 2 aromatic heterocycles. The summed E-state index contributed by atoms with van der Waals surface area (Å²) in [6.07, 6.45) is 0.626. The van der Waals surface area contributed by atoms with Gasteiger partial charge in [0.25, 0.3) is 0 Å². The van der Waals surface area contributed by atoms with E-state index in [-0.39, 0.29) is 24.3 Å². The third-order valence-corrected chi connectivity index (χ3v) is 7.29. The smallest absolute Gasteiger partial charge is 0.225 e. The van der Waals surface area contributed by atoms with E-state index in [4.69, 9.17) is 9.97 Å². The molecule has 1 fully saturated rings. The number of para-hydroxylation sites is 2. The quantitative estimate of drug-likeness (QED) is 0.271. The highest BCUT2D eigenvalue weighted by Gasteiger charge is 2.33. The molecule has 8 nitrogen and oxygen atoms in total. The second kappa shape index (κ2) is 9.54. The summed E-state index contributed by atoms with van der Waals surface area (Å²) in [5.74, 6) is 1.27. The molecule has 176 valence electrons. The van der Waals surface area contributed by atoms with Crippen LogP contribution in [0.4, 0.5) is 11.8 Å². The number of phenolic OH excluding ortho intramolecular Hbond substituents is 1. The standard InChI is InChI=1S/C25H27N5O3S/c1-14-22(24-29-17-7-3-5-9-21(17)34-24)23(28-18-10-15(13-31)11-20(18)33)30-25(27-14)26-12-16-6-2-4-8-19(16)32/h2-9,15,18,20,31-33H,10-13H2,1H3,(H2,26,27,28,30)/t15-,18+,20+/m0/s1. The van der Waals surface area contributed by atoms with Crippen LogP contribution in [0.2, 0.25) is 0 Å². The number of rotatable bonds is 7. The first-order chi connectivity index (χ1) is 16.5. The molecule has 1 aliphatic rings. The van der Waals surface area contributed by atoms with E-state index >= 15 is 0 Å². The van der Waals surface area contributed by atoms with Crippen LogP contribution in [0.1, 0.15) is 24.1 Å². The number of fused-ring (bicyclic) bond motifs is 1. The zero-order valence-corrected chi connectivity index (χ0v) is 19.6. The Morgan fingerprint density at radius 1 is 1.03 bits per heavy atom. The number of benzene rings is 2. The van der Waals surface area contributed by atoms with Crippen molar-refractivity contribution >= 4 is 33.3 Å². The van der Waals surface area contributed by atoms with Gasteiger partial charge in [-0.1, -0.05) is 30.3 Å². The Balaban J connectivity index is 1.51. The van der Waals surface area contributed by atoms with Crippen LogP contribution in [-0.4, -0.2) is 49.0 Å². The molecule has 1 saturated carbocycles. The van der Waals surface area contributed by atoms with Crippen molar-refractivity contribution in [3.05, 3.63) is 59.8 Å². The Bertz CT molecular complexity index is 1280. The van der Waals surface area contributed by atoms with E-state index < -0.39 is 6.10 Å². The van der Waals surface area contributed by atoms with Crippen molar-refractivity contribution in [3.8, 4) is 16.3 Å². The first-order valence-electron chi connectivity index (χ1n) is 11.3. The molecule has 5 rings (SSSR count). The van der Waals surface area contributed by atoms with Gasteiger partial charge in [0, 0.05) is 18.7 Å². The van der Waals surface area contributed by atoms with Crippen LogP contribution in [0.25, 0.3) is 20.8 Å². The van der Waals surface area contributed by atoms with Gasteiger partial charge >= 0.3 is 0 Å². The minimum atomic E-state index is -0.576. The summed E-state index contributed by atoms with van der Waals surface area (Å²) in [5.41, 5.74) is 3.21. The fourth-order valence-corrected chi connectivity index (χ4v) is 5.49. The molecule has 34 heavy (non-hydrogen) atoms. The molecule has 0 aliphatic heterocycles. The summed E-state index contributed by atoms with van der Waals surface area (Å²) in [4.78, 5) is 14.2. The zero-order valence-electron chi connectivity index (χ0n) is 18.8. The number of nitrogens with one attached hydrogen (secondary N) is 2. The molecular formula is C25H27N5O3S. The van der Waals surface area contributed by atoms with Crippen molar-refractivity contribution in [3.63, 3.8) is 0 Å². The maximum absolute atomic E-state index is 10.6. The maximum Gasteiger partial charge on any atom is 0.225 e. The lowest BCUT2D eigenvalue weighted by atomic mass is 10.1. The molecule has 0 spiro atoms. The van der Waals surface area contributed by atoms with E-state index in [1.165, 1.54) is 0 Å². The summed E-state index contributed by atoms with van der Waals surface area (Å²) < 4.78 is 1.07. The second-order valence-electron chi connectivity index (χ2n) is 8.66. The number of aliphatic hydroxyl groups excluding tert-OH is 2. The summed E-state index contributed by atoms with van der Waals surface area (Å²) in [7, 11) is 0. The van der Waals surface area contributed by atoms with Crippen molar-refractivity contribution in [2.24, 2.45) is 5.92 Å². The third-order valence-electron chi connectivity index (χ3n) is 6.23. The molecule has 4 aromatic rings. The molecule has 3 atom stereocenters. The highest BCUT2D eigenvalue weighted by molar-refractivity contribution is 7.21. The van der Waals surface area contributed by atoms with Crippen LogP contribution in [-0.2, 0) is 6.54 Å². The third kappa shape index (κ3) is 4.54. The molecular weight excluding hydrogens is 450 g/mol. The lowest BCUT2D eigenvalue weighted by Gasteiger charge is -2.20. The molecule has 2 aromatic carbocycles. The van der Waals surface area contributed by atoms with Crippen molar-refractivity contribution in [2.45, 2.75) is 38.5 Å². The predicted molar refractivity (Wildman–Crippen MR) is 134 cm³/mol. The fourth-order valence-electron chi connectivity index (χ4n) is 4.42. The number of hydrogen-bond donors (Lipinski definition) is 5. The van der Waals surface area contributed by atoms with Gasteiger partial charge in [-0.2, -0.15) is 4.98 Å². The van der Waals surface area contributed by atoms with Crippen LogP contribution in [0.15, 0.2) is 48.5 Å². The second-order valence-corrected chi connectivity index (χ2v) is 9.69. The molecule has 1 aliphatic carbocycles. The van der Waals surface area contributed by atoms with Crippen molar-refractivity contribution in [1.82, 2.24) is 15.0 Å². The monoisotopic (exact) mass is 477 g/mol. The zero-order chi connectivity index (χ0) is 23.7. The van der Waals surface area contributed by atoms with Gasteiger partial charge in [-0.15, -0.1) is 11.3 Å². The number of anilines is 2. The minimum absolute atomic E-state index is 0.0517. The lowest BCUT2D eigenvalue weighted by Crippen LogP contribution is -2.29. The first kappa shape index (κ1) is 22.5. The van der Waals surface area contributed by atoms with Gasteiger partial charge in [0.15, 0.2) is 0 Å². The molecule has 0 amide bonds. The summed E-state index contributed by atoms with van der Waals surface area (Å²) in [6, 6.07) is 14.9. The van der Waals surface area contributed by atoms with Gasteiger partial charge < -0.3 is 26.0 Å². The van der Waals surface area contributed by atoms with Crippen LogP contribution in [0, 0.1) is 12.8 Å². The number of aryl methyl sites for hydroxylation is 1. The Morgan fingerprint density at radius 2 is 1.82 bits per heavy atom. The number of hydrogen-bond acceptors (Lipinski definition) is 9. The lowest BCUT2D eigenvalue weighted by molar-refractivity contribution is 0.157. The minimum Gasteiger partial charge on any atom is -0.508 e. The van der Waals surface area contributed by atoms with Gasteiger partial charge in [0.05, 0.1) is 33.6 Å². The Kier molecular flexibility index (Phi) is 6.32. The first-order valence-corrected chi connectivity index (χ1v) is 12.1. The van der Waals surface area contributed by atoms with E-state index in [0.717, 1.165) is 32.0 Å². The van der Waals surface area contributed by atoms with Crippen molar-refractivity contribution in [1.29, 1.82) is 0 Å². The number of aliphatic hydroxyl groups is 2. The van der Waals surface area contributed by atoms with E-state index in [0.29, 0.717) is 31.2 Å². The van der Waals surface area contributed by atoms with E-state index in [9.17, 15) is 15.3 Å². The highest BCUT2D eigenvalue weighted by Crippen LogP contribution is 2.38. The number of phenols is 1. The molecule has 0 radical (unpaired) electrons. The molecule has 0 bridgehead atoms. The average molecular weight is 478 g/mol. The maximum atomic E-state index is 10.6. The molecule has 5 N–H and O–H groups in total. The number of nitrogens with zero attached hydrogens (tertiary/aromatic N) is 3. The number of aromatic hydroxyl groups is 1. The van der Waals surface area contributed by atoms with Gasteiger partial charge in [-0.3, -0.25) is 0 Å². The number of aromatic nitrogens is 3. The predicted octanol–water partition coefficient (Wildman–Crippen LogP) is 3.92. The fraction of sp³-hybridized carbons (Fsp3) is 0.320. The van der Waals surface area contributed by atoms with Crippen molar-refractivity contribution in [2.75, 3.05) is 17.2 Å². The average Bonchev–Trinajstić information content (AvgIpc) is 3.41. The van der Waals surface area contributed by atoms with Gasteiger partial charge in [-0.05, 0) is 43.9 Å². The SMILES string of the molecule is Cc1nc(NCc2ccccc2O)nc(N[C@@H]2C[C@H](CO)C[C@H]2O)c1-c1nc2ccccc2s1. The van der Waals surface area contributed by atoms with Crippen LogP contribution in [0.5, 0.6) is 5.75 Å².